The summed E-state index contributed by atoms with van der Waals surface area (Å²) in [6, 6.07) is 11.4. The second-order valence-corrected chi connectivity index (χ2v) is 5.50. The molecular weight excluding hydrogens is 320 g/mol. The summed E-state index contributed by atoms with van der Waals surface area (Å²) in [6.07, 6.45) is 1.76. The number of ketones is 1. The van der Waals surface area contributed by atoms with Crippen LogP contribution in [-0.2, 0) is 9.53 Å². The Balaban J connectivity index is 1.97. The molecule has 1 atom stereocenters. The molecule has 1 heterocycles. The molecule has 25 heavy (non-hydrogen) atoms. The number of hydrogen-bond acceptors (Lipinski definition) is 5. The van der Waals surface area contributed by atoms with Gasteiger partial charge in [-0.05, 0) is 49.7 Å². The summed E-state index contributed by atoms with van der Waals surface area (Å²) in [4.78, 5) is 39.8. The minimum Gasteiger partial charge on any atom is -0.450 e. The van der Waals surface area contributed by atoms with Crippen LogP contribution in [0.25, 0.3) is 0 Å². The average Bonchev–Trinajstić information content (AvgIpc) is 2.62. The first kappa shape index (κ1) is 18.3. The zero-order valence-electron chi connectivity index (χ0n) is 14.2. The molecule has 1 N–H and O–H groups in total. The van der Waals surface area contributed by atoms with Gasteiger partial charge in [-0.1, -0.05) is 13.0 Å². The zero-order chi connectivity index (χ0) is 18.2. The van der Waals surface area contributed by atoms with Gasteiger partial charge < -0.3 is 10.1 Å². The Hall–Kier alpha value is -3.02. The van der Waals surface area contributed by atoms with Crippen molar-refractivity contribution >= 4 is 23.3 Å². The molecule has 0 saturated heterocycles. The fourth-order valence-corrected chi connectivity index (χ4v) is 2.16. The second kappa shape index (κ2) is 8.73. The number of benzene rings is 1. The molecule has 0 saturated carbocycles. The number of pyridine rings is 1. The van der Waals surface area contributed by atoms with Crippen molar-refractivity contribution in [3.8, 4) is 0 Å². The molecule has 2 rings (SSSR count). The first-order valence-corrected chi connectivity index (χ1v) is 8.07. The molecule has 0 fully saturated rings. The van der Waals surface area contributed by atoms with E-state index in [2.05, 4.69) is 10.3 Å². The lowest BCUT2D eigenvalue weighted by Crippen LogP contribution is -2.24. The monoisotopic (exact) mass is 340 g/mol. The van der Waals surface area contributed by atoms with Gasteiger partial charge >= 0.3 is 5.97 Å². The third-order valence-electron chi connectivity index (χ3n) is 3.46. The molecule has 0 bridgehead atoms. The van der Waals surface area contributed by atoms with Crippen molar-refractivity contribution in [1.29, 1.82) is 0 Å². The summed E-state index contributed by atoms with van der Waals surface area (Å²) in [5.41, 5.74) is 1.17. The lowest BCUT2D eigenvalue weighted by atomic mass is 10.1. The van der Waals surface area contributed by atoms with E-state index in [4.69, 9.17) is 4.74 Å². The summed E-state index contributed by atoms with van der Waals surface area (Å²) in [5.74, 6) is -1.04. The maximum atomic E-state index is 12.4. The lowest BCUT2D eigenvalue weighted by molar-refractivity contribution is -0.116. The van der Waals surface area contributed by atoms with E-state index in [9.17, 15) is 14.4 Å². The van der Waals surface area contributed by atoms with Gasteiger partial charge in [0.15, 0.2) is 6.10 Å². The number of nitrogens with zero attached hydrogens (tertiary/aromatic N) is 1. The van der Waals surface area contributed by atoms with Gasteiger partial charge in [-0.3, -0.25) is 9.59 Å². The zero-order valence-corrected chi connectivity index (χ0v) is 14.2. The van der Waals surface area contributed by atoms with Gasteiger partial charge in [0.25, 0.3) is 0 Å². The Morgan fingerprint density at radius 3 is 2.44 bits per heavy atom. The van der Waals surface area contributed by atoms with E-state index >= 15 is 0 Å². The van der Waals surface area contributed by atoms with E-state index in [1.165, 1.54) is 19.2 Å². The predicted octanol–water partition coefficient (Wildman–Crippen LogP) is 3.25. The molecule has 1 amide bonds. The number of aromatic nitrogens is 1. The quantitative estimate of drug-likeness (QED) is 0.618. The molecule has 130 valence electrons. The maximum absolute atomic E-state index is 12.4. The Kier molecular flexibility index (Phi) is 6.39. The molecule has 6 heteroatoms. The first-order chi connectivity index (χ1) is 12.0. The van der Waals surface area contributed by atoms with Crippen LogP contribution < -0.4 is 5.32 Å². The summed E-state index contributed by atoms with van der Waals surface area (Å²) < 4.78 is 5.16. The molecule has 6 nitrogen and oxygen atoms in total. The number of hydrogen-bond donors (Lipinski definition) is 1. The Labute approximate surface area is 146 Å². The van der Waals surface area contributed by atoms with Crippen LogP contribution in [0, 0.1) is 0 Å². The van der Waals surface area contributed by atoms with Gasteiger partial charge in [0.1, 0.15) is 5.69 Å². The van der Waals surface area contributed by atoms with E-state index in [-0.39, 0.29) is 17.4 Å². The second-order valence-electron chi connectivity index (χ2n) is 5.50. The fraction of sp³-hybridized carbons (Fsp3) is 0.263. The van der Waals surface area contributed by atoms with E-state index in [0.29, 0.717) is 17.7 Å². The molecule has 1 aromatic heterocycles. The largest absolute Gasteiger partial charge is 0.450 e. The molecule has 0 aliphatic carbocycles. The number of carbonyl (C=O) groups excluding carboxylic acids is 3. The number of Topliss-reactive ketones (excluding diaryl/α,β-unsaturated/α-hetero) is 1. The smallest absolute Gasteiger partial charge is 0.357 e. The minimum atomic E-state index is -0.935. The van der Waals surface area contributed by atoms with Crippen LogP contribution in [0.1, 0.15) is 47.5 Å². The molecule has 2 aromatic rings. The van der Waals surface area contributed by atoms with E-state index in [0.717, 1.165) is 6.42 Å². The van der Waals surface area contributed by atoms with Crippen LogP contribution in [0.15, 0.2) is 48.7 Å². The van der Waals surface area contributed by atoms with Gasteiger partial charge in [0, 0.05) is 23.9 Å². The third kappa shape index (κ3) is 5.24. The van der Waals surface area contributed by atoms with Crippen molar-refractivity contribution in [3.63, 3.8) is 0 Å². The van der Waals surface area contributed by atoms with Crippen molar-refractivity contribution in [1.82, 2.24) is 4.98 Å². The molecule has 1 aromatic carbocycles. The van der Waals surface area contributed by atoms with Gasteiger partial charge in [0.2, 0.25) is 11.7 Å². The van der Waals surface area contributed by atoms with Crippen molar-refractivity contribution in [2.45, 2.75) is 32.8 Å². The Morgan fingerprint density at radius 2 is 1.84 bits per heavy atom. The lowest BCUT2D eigenvalue weighted by Gasteiger charge is -2.12. The van der Waals surface area contributed by atoms with E-state index < -0.39 is 12.1 Å². The fourth-order valence-electron chi connectivity index (χ4n) is 2.16. The molecule has 1 unspecified atom stereocenters. The number of anilines is 1. The SMILES string of the molecule is CCCC(=O)Nc1ccc(C(=O)C(C)OC(=O)c2ccccn2)cc1. The summed E-state index contributed by atoms with van der Waals surface area (Å²) in [5, 5.41) is 2.75. The summed E-state index contributed by atoms with van der Waals surface area (Å²) >= 11 is 0. The summed E-state index contributed by atoms with van der Waals surface area (Å²) in [6.45, 7) is 3.44. The van der Waals surface area contributed by atoms with Gasteiger partial charge in [-0.25, -0.2) is 9.78 Å². The van der Waals surface area contributed by atoms with E-state index in [1.807, 2.05) is 6.92 Å². The van der Waals surface area contributed by atoms with Crippen molar-refractivity contribution in [2.75, 3.05) is 5.32 Å². The molecule has 0 radical (unpaired) electrons. The average molecular weight is 340 g/mol. The summed E-state index contributed by atoms with van der Waals surface area (Å²) in [7, 11) is 0. The normalized spacial score (nSPS) is 11.4. The number of esters is 1. The van der Waals surface area contributed by atoms with Crippen LogP contribution in [-0.4, -0.2) is 28.7 Å². The number of ether oxygens (including phenoxy) is 1. The van der Waals surface area contributed by atoms with Crippen LogP contribution in [0.2, 0.25) is 0 Å². The Morgan fingerprint density at radius 1 is 1.12 bits per heavy atom. The van der Waals surface area contributed by atoms with Gasteiger partial charge in [0.05, 0.1) is 0 Å². The van der Waals surface area contributed by atoms with Crippen molar-refractivity contribution in [3.05, 3.63) is 59.9 Å². The third-order valence-corrected chi connectivity index (χ3v) is 3.46. The van der Waals surface area contributed by atoms with Crippen LogP contribution in [0.4, 0.5) is 5.69 Å². The number of rotatable bonds is 7. The number of amides is 1. The molecule has 0 aliphatic rings. The van der Waals surface area contributed by atoms with Crippen LogP contribution in [0.5, 0.6) is 0 Å². The first-order valence-electron chi connectivity index (χ1n) is 8.07. The maximum Gasteiger partial charge on any atom is 0.357 e. The molecule has 0 aliphatic heterocycles. The number of nitrogens with one attached hydrogen (secondary N) is 1. The highest BCUT2D eigenvalue weighted by atomic mass is 16.5. The highest BCUT2D eigenvalue weighted by Crippen LogP contribution is 2.13. The topological polar surface area (TPSA) is 85.4 Å². The standard InChI is InChI=1S/C19H20N2O4/c1-3-6-17(22)21-15-10-8-14(9-11-15)18(23)13(2)25-19(24)16-7-4-5-12-20-16/h4-5,7-13H,3,6H2,1-2H3,(H,21,22). The highest BCUT2D eigenvalue weighted by Gasteiger charge is 2.21. The van der Waals surface area contributed by atoms with Crippen LogP contribution in [0.3, 0.4) is 0 Å². The highest BCUT2D eigenvalue weighted by molar-refractivity contribution is 6.01. The Bertz CT molecular complexity index is 742. The number of carbonyl (C=O) groups is 3. The van der Waals surface area contributed by atoms with E-state index in [1.54, 1.807) is 36.4 Å². The molecule has 0 spiro atoms. The van der Waals surface area contributed by atoms with Gasteiger partial charge in [-0.2, -0.15) is 0 Å². The van der Waals surface area contributed by atoms with Crippen molar-refractivity contribution < 1.29 is 19.1 Å². The van der Waals surface area contributed by atoms with Crippen LogP contribution >= 0.6 is 0 Å². The van der Waals surface area contributed by atoms with Gasteiger partial charge in [-0.15, -0.1) is 0 Å². The minimum absolute atomic E-state index is 0.0702. The predicted molar refractivity (Wildman–Crippen MR) is 93.4 cm³/mol. The van der Waals surface area contributed by atoms with Crippen molar-refractivity contribution in [2.24, 2.45) is 0 Å². The molecular formula is C19H20N2O4.